The van der Waals surface area contributed by atoms with Gasteiger partial charge in [-0.2, -0.15) is 8.78 Å². The molecule has 0 radical (unpaired) electrons. The van der Waals surface area contributed by atoms with E-state index in [-0.39, 0.29) is 0 Å². The molecule has 0 amide bonds. The lowest BCUT2D eigenvalue weighted by molar-refractivity contribution is 0.352. The van der Waals surface area contributed by atoms with Crippen LogP contribution in [-0.2, 0) is 0 Å². The van der Waals surface area contributed by atoms with Crippen LogP contribution < -0.4 is 10.4 Å². The molecule has 0 fully saturated rings. The van der Waals surface area contributed by atoms with Crippen molar-refractivity contribution in [3.8, 4) is 5.75 Å². The molecule has 0 aliphatic carbocycles. The summed E-state index contributed by atoms with van der Waals surface area (Å²) in [7, 11) is 0.804. The van der Waals surface area contributed by atoms with Gasteiger partial charge in [0.25, 0.3) is 0 Å². The van der Waals surface area contributed by atoms with Crippen LogP contribution in [0.2, 0.25) is 0 Å². The fraction of sp³-hybridized carbons (Fsp3) is 0.111. The van der Waals surface area contributed by atoms with Gasteiger partial charge in [0.15, 0.2) is 5.75 Å². The Morgan fingerprint density at radius 1 is 1.00 bits per heavy atom. The fourth-order valence-electron chi connectivity index (χ4n) is 0.764. The number of hydrogen-bond donors (Lipinski definition) is 1. The van der Waals surface area contributed by atoms with E-state index < -0.39 is 34.8 Å². The Labute approximate surface area is 95.3 Å². The van der Waals surface area contributed by atoms with Gasteiger partial charge in [-0.15, -0.1) is 6.58 Å². The molecule has 8 heteroatoms. The highest BCUT2D eigenvalue weighted by Crippen LogP contribution is 2.28. The highest BCUT2D eigenvalue weighted by molar-refractivity contribution is 6.00. The molecule has 0 heterocycles. The summed E-state index contributed by atoms with van der Waals surface area (Å²) in [5, 5.41) is 0. The van der Waals surface area contributed by atoms with E-state index in [1.54, 1.807) is 6.08 Å². The van der Waals surface area contributed by atoms with Crippen LogP contribution in [0.25, 0.3) is 0 Å². The van der Waals surface area contributed by atoms with E-state index in [0.717, 1.165) is 8.05 Å². The summed E-state index contributed by atoms with van der Waals surface area (Å²) in [4.78, 5) is 0. The van der Waals surface area contributed by atoms with Gasteiger partial charge >= 0.3 is 8.05 Å². The van der Waals surface area contributed by atoms with E-state index in [9.17, 15) is 22.0 Å². The van der Waals surface area contributed by atoms with Crippen LogP contribution in [0.4, 0.5) is 22.0 Å². The van der Waals surface area contributed by atoms with Gasteiger partial charge in [-0.25, -0.2) is 13.2 Å². The van der Waals surface area contributed by atoms with Gasteiger partial charge in [0.05, 0.1) is 0 Å². The first-order valence-corrected chi connectivity index (χ1v) is 4.28. The zero-order valence-corrected chi connectivity index (χ0v) is 8.87. The molecule has 2 N–H and O–H groups in total. The molecule has 0 atom stereocenters. The summed E-state index contributed by atoms with van der Waals surface area (Å²) in [6.45, 7) is 3.94. The number of benzene rings is 1. The molecule has 1 rings (SSSR count). The van der Waals surface area contributed by atoms with E-state index in [1.807, 2.05) is 0 Å². The van der Waals surface area contributed by atoms with Crippen molar-refractivity contribution in [2.45, 2.75) is 0 Å². The van der Waals surface area contributed by atoms with Gasteiger partial charge in [-0.05, 0) is 0 Å². The van der Waals surface area contributed by atoms with Crippen LogP contribution >= 0.6 is 0 Å². The second-order valence-electron chi connectivity index (χ2n) is 2.63. The predicted octanol–water partition coefficient (Wildman–Crippen LogP) is 1.44. The third-order valence-corrected chi connectivity index (χ3v) is 1.54. The van der Waals surface area contributed by atoms with E-state index >= 15 is 0 Å². The molecule has 0 saturated heterocycles. The van der Waals surface area contributed by atoms with Gasteiger partial charge in [0, 0.05) is 6.54 Å². The first-order chi connectivity index (χ1) is 7.92. The Bertz CT molecular complexity index is 384. The smallest absolute Gasteiger partial charge is 0.322 e. The van der Waals surface area contributed by atoms with Crippen LogP contribution in [-0.4, -0.2) is 14.6 Å². The normalized spacial score (nSPS) is 9.29. The van der Waals surface area contributed by atoms with Crippen molar-refractivity contribution < 1.29 is 26.6 Å². The second kappa shape index (κ2) is 6.90. The highest BCUT2D eigenvalue weighted by atomic mass is 19.2. The monoisotopic (exact) mass is 253 g/mol. The van der Waals surface area contributed by atoms with Gasteiger partial charge in [0.2, 0.25) is 29.1 Å². The fourth-order valence-corrected chi connectivity index (χ4v) is 0.764. The zero-order chi connectivity index (χ0) is 13.6. The maximum Gasteiger partial charge on any atom is 0.322 e. The van der Waals surface area contributed by atoms with Crippen LogP contribution in [0.1, 0.15) is 0 Å². The van der Waals surface area contributed by atoms with E-state index in [2.05, 4.69) is 11.2 Å². The lowest BCUT2D eigenvalue weighted by Crippen LogP contribution is -2.04. The second-order valence-corrected chi connectivity index (χ2v) is 2.63. The van der Waals surface area contributed by atoms with E-state index in [4.69, 9.17) is 5.73 Å². The topological polar surface area (TPSA) is 35.2 Å². The molecule has 0 unspecified atom stereocenters. The van der Waals surface area contributed by atoms with Crippen molar-refractivity contribution in [2.75, 3.05) is 6.54 Å². The quantitative estimate of drug-likeness (QED) is 0.284. The van der Waals surface area contributed by atoms with Crippen LogP contribution in [0.15, 0.2) is 12.7 Å². The van der Waals surface area contributed by atoms with Crippen LogP contribution in [0.5, 0.6) is 5.75 Å². The summed E-state index contributed by atoms with van der Waals surface area (Å²) in [6.07, 6.45) is 1.65. The Balaban J connectivity index is 0.000000557. The molecule has 1 aromatic carbocycles. The molecule has 0 saturated carbocycles. The Morgan fingerprint density at radius 3 is 1.53 bits per heavy atom. The average molecular weight is 253 g/mol. The third kappa shape index (κ3) is 3.45. The number of hydrogen-bond acceptors (Lipinski definition) is 2. The molecular formula is C9H9BF5NO. The largest absolute Gasteiger partial charge is 0.564 e. The SMILES string of the molecule is BOc1c(F)c(F)c(F)c(F)c1F.C=CCN. The maximum absolute atomic E-state index is 12.6. The van der Waals surface area contributed by atoms with E-state index in [0.29, 0.717) is 6.54 Å². The molecule has 0 aromatic heterocycles. The Morgan fingerprint density at radius 2 is 1.29 bits per heavy atom. The van der Waals surface area contributed by atoms with Gasteiger partial charge in [-0.1, -0.05) is 6.08 Å². The minimum absolute atomic E-state index is 0.583. The molecule has 0 bridgehead atoms. The zero-order valence-electron chi connectivity index (χ0n) is 8.87. The summed E-state index contributed by atoms with van der Waals surface area (Å²) < 4.78 is 66.2. The molecule has 0 aliphatic rings. The first-order valence-electron chi connectivity index (χ1n) is 4.28. The predicted molar refractivity (Wildman–Crippen MR) is 54.7 cm³/mol. The lowest BCUT2D eigenvalue weighted by Gasteiger charge is -2.06. The van der Waals surface area contributed by atoms with Gasteiger partial charge < -0.3 is 10.4 Å². The molecular weight excluding hydrogens is 244 g/mol. The highest BCUT2D eigenvalue weighted by Gasteiger charge is 2.25. The number of halogens is 5. The Hall–Kier alpha value is -1.57. The molecule has 0 aliphatic heterocycles. The maximum atomic E-state index is 12.6. The molecule has 2 nitrogen and oxygen atoms in total. The van der Waals surface area contributed by atoms with Gasteiger partial charge in [-0.3, -0.25) is 0 Å². The van der Waals surface area contributed by atoms with Crippen LogP contribution in [0.3, 0.4) is 0 Å². The standard InChI is InChI=1S/C6H2BF5O.C3H7N/c7-13-6-4(11)2(9)1(8)3(10)5(6)12;1-2-3-4/h7H2;2H,1,3-4H2. The van der Waals surface area contributed by atoms with Crippen molar-refractivity contribution in [3.63, 3.8) is 0 Å². The van der Waals surface area contributed by atoms with Crippen molar-refractivity contribution in [1.82, 2.24) is 0 Å². The summed E-state index contributed by atoms with van der Waals surface area (Å²) >= 11 is 0. The molecule has 17 heavy (non-hydrogen) atoms. The van der Waals surface area contributed by atoms with Crippen molar-refractivity contribution in [1.29, 1.82) is 0 Å². The van der Waals surface area contributed by atoms with Crippen molar-refractivity contribution in [2.24, 2.45) is 5.73 Å². The first kappa shape index (κ1) is 15.4. The summed E-state index contributed by atoms with van der Waals surface area (Å²) in [5.41, 5.74) is 4.91. The number of rotatable bonds is 2. The summed E-state index contributed by atoms with van der Waals surface area (Å²) in [6, 6.07) is 0. The third-order valence-electron chi connectivity index (χ3n) is 1.54. The Kier molecular flexibility index (Phi) is 6.26. The lowest BCUT2D eigenvalue weighted by atomic mass is 10.2. The van der Waals surface area contributed by atoms with Crippen molar-refractivity contribution >= 4 is 8.05 Å². The van der Waals surface area contributed by atoms with Crippen LogP contribution in [0, 0.1) is 29.1 Å². The summed E-state index contributed by atoms with van der Waals surface area (Å²) in [5.74, 6) is -11.5. The minimum Gasteiger partial charge on any atom is -0.564 e. The van der Waals surface area contributed by atoms with Crippen molar-refractivity contribution in [3.05, 3.63) is 41.7 Å². The number of nitrogens with two attached hydrogens (primary N) is 1. The molecule has 94 valence electrons. The van der Waals surface area contributed by atoms with E-state index in [1.165, 1.54) is 0 Å². The minimum atomic E-state index is -2.20. The molecule has 0 spiro atoms. The average Bonchev–Trinajstić information content (AvgIpc) is 2.35. The molecule has 1 aromatic rings. The van der Waals surface area contributed by atoms with Gasteiger partial charge in [0.1, 0.15) is 0 Å².